The van der Waals surface area contributed by atoms with Crippen molar-refractivity contribution in [3.05, 3.63) is 0 Å². The fourth-order valence-corrected chi connectivity index (χ4v) is 3.68. The quantitative estimate of drug-likeness (QED) is 0.754. The number of hydrogen-bond acceptors (Lipinski definition) is 4. The first-order valence-electron chi connectivity index (χ1n) is 7.73. The van der Waals surface area contributed by atoms with Gasteiger partial charge in [0.2, 0.25) is 10.0 Å². The highest BCUT2D eigenvalue weighted by molar-refractivity contribution is 7.89. The summed E-state index contributed by atoms with van der Waals surface area (Å²) < 4.78 is 28.3. The van der Waals surface area contributed by atoms with Crippen molar-refractivity contribution in [2.24, 2.45) is 5.14 Å². The van der Waals surface area contributed by atoms with Gasteiger partial charge in [-0.25, -0.2) is 18.4 Å². The van der Waals surface area contributed by atoms with Gasteiger partial charge in [0.05, 0.1) is 5.25 Å². The van der Waals surface area contributed by atoms with Crippen molar-refractivity contribution >= 4 is 24.0 Å². The smallest absolute Gasteiger partial charge is 0.407 e. The molecule has 1 amide bonds. The number of carbonyl (C=O) groups is 1. The van der Waals surface area contributed by atoms with Crippen LogP contribution in [0.3, 0.4) is 0 Å². The lowest BCUT2D eigenvalue weighted by atomic mass is 9.71. The first kappa shape index (κ1) is 19.3. The molecule has 8 heteroatoms. The van der Waals surface area contributed by atoms with Crippen LogP contribution in [0, 0.1) is 0 Å². The third-order valence-electron chi connectivity index (χ3n) is 3.76. The van der Waals surface area contributed by atoms with E-state index in [0.717, 1.165) is 12.8 Å². The Morgan fingerprint density at radius 3 is 2.32 bits per heavy atom. The molecule has 1 aliphatic carbocycles. The van der Waals surface area contributed by atoms with Gasteiger partial charge in [-0.05, 0) is 46.5 Å². The molecule has 0 heterocycles. The van der Waals surface area contributed by atoms with Gasteiger partial charge in [-0.15, -0.1) is 0 Å². The average molecular weight is 330 g/mol. The number of rotatable bonds is 2. The number of sulfonamides is 1. The predicted octanol–water partition coefficient (Wildman–Crippen LogP) is 1.78. The van der Waals surface area contributed by atoms with Crippen LogP contribution in [0.1, 0.15) is 65.7 Å². The van der Waals surface area contributed by atoms with Crippen molar-refractivity contribution in [1.82, 2.24) is 5.32 Å². The van der Waals surface area contributed by atoms with Crippen molar-refractivity contribution in [3.63, 3.8) is 0 Å². The van der Waals surface area contributed by atoms with E-state index in [0.29, 0.717) is 32.1 Å². The zero-order chi connectivity index (χ0) is 17.0. The maximum absolute atomic E-state index is 11.9. The second-order valence-corrected chi connectivity index (χ2v) is 8.98. The highest BCUT2D eigenvalue weighted by atomic mass is 32.2. The van der Waals surface area contributed by atoms with E-state index in [9.17, 15) is 13.2 Å². The minimum atomic E-state index is -3.52. The second kappa shape index (κ2) is 7.21. The summed E-state index contributed by atoms with van der Waals surface area (Å²) in [7, 11) is 2.76. The van der Waals surface area contributed by atoms with Crippen molar-refractivity contribution in [3.8, 4) is 0 Å². The van der Waals surface area contributed by atoms with Gasteiger partial charge in [0.25, 0.3) is 0 Å². The van der Waals surface area contributed by atoms with Gasteiger partial charge in [0.15, 0.2) is 0 Å². The number of carbonyl (C=O) groups excluding carboxylic acids is 1. The van der Waals surface area contributed by atoms with Crippen LogP contribution in [-0.4, -0.2) is 38.6 Å². The molecule has 6 nitrogen and oxygen atoms in total. The van der Waals surface area contributed by atoms with Gasteiger partial charge in [-0.3, -0.25) is 0 Å². The monoisotopic (exact) mass is 330 g/mol. The second-order valence-electron chi connectivity index (χ2n) is 7.13. The van der Waals surface area contributed by atoms with Gasteiger partial charge < -0.3 is 10.1 Å². The molecule has 0 bridgehead atoms. The molecule has 1 rings (SSSR count). The zero-order valence-electron chi connectivity index (χ0n) is 13.7. The molecular formula is C14H27BN2O4S. The van der Waals surface area contributed by atoms with E-state index in [1.54, 1.807) is 20.8 Å². The number of alkyl carbamates (subject to hydrolysis) is 1. The van der Waals surface area contributed by atoms with E-state index in [4.69, 9.17) is 17.7 Å². The van der Waals surface area contributed by atoms with Gasteiger partial charge >= 0.3 is 6.09 Å². The lowest BCUT2D eigenvalue weighted by Gasteiger charge is -2.32. The molecule has 3 N–H and O–H groups in total. The molecule has 0 aliphatic heterocycles. The first-order valence-corrected chi connectivity index (χ1v) is 9.34. The van der Waals surface area contributed by atoms with Crippen LogP contribution in [0.4, 0.5) is 4.79 Å². The summed E-state index contributed by atoms with van der Waals surface area (Å²) in [6.45, 7) is 5.36. The molecule has 0 aromatic rings. The Bertz CT molecular complexity index is 490. The molecule has 2 radical (unpaired) electrons. The number of primary sulfonamides is 1. The van der Waals surface area contributed by atoms with Crippen LogP contribution in [0.5, 0.6) is 0 Å². The minimum absolute atomic E-state index is 0.466. The number of amides is 1. The molecule has 126 valence electrons. The Morgan fingerprint density at radius 2 is 1.77 bits per heavy atom. The third kappa shape index (κ3) is 7.00. The molecule has 1 aliphatic rings. The number of nitrogens with one attached hydrogen (secondary N) is 1. The Kier molecular flexibility index (Phi) is 6.32. The van der Waals surface area contributed by atoms with Crippen molar-refractivity contribution in [2.75, 3.05) is 0 Å². The third-order valence-corrected chi connectivity index (χ3v) is 5.16. The van der Waals surface area contributed by atoms with Crippen LogP contribution in [0.25, 0.3) is 0 Å². The Morgan fingerprint density at radius 1 is 1.23 bits per heavy atom. The Hall–Kier alpha value is -0.755. The lowest BCUT2D eigenvalue weighted by Crippen LogP contribution is -2.50. The topological polar surface area (TPSA) is 98.5 Å². The molecule has 2 unspecified atom stereocenters. The summed E-state index contributed by atoms with van der Waals surface area (Å²) in [6, 6.07) is 0. The van der Waals surface area contributed by atoms with Crippen LogP contribution in [0.15, 0.2) is 0 Å². The molecular weight excluding hydrogens is 303 g/mol. The number of hydrogen-bond donors (Lipinski definition) is 2. The van der Waals surface area contributed by atoms with Gasteiger partial charge in [0.1, 0.15) is 13.4 Å². The van der Waals surface area contributed by atoms with Crippen LogP contribution in [-0.2, 0) is 14.8 Å². The predicted molar refractivity (Wildman–Crippen MR) is 87.1 cm³/mol. The van der Waals surface area contributed by atoms with Crippen LogP contribution in [0.2, 0.25) is 0 Å². The fourth-order valence-electron chi connectivity index (χ4n) is 2.69. The molecule has 0 saturated heterocycles. The molecule has 0 aromatic heterocycles. The zero-order valence-corrected chi connectivity index (χ0v) is 14.5. The summed E-state index contributed by atoms with van der Waals surface area (Å²) in [5, 5.41) is 7.47. The van der Waals surface area contributed by atoms with Crippen molar-refractivity contribution < 1.29 is 17.9 Å². The molecule has 0 aromatic carbocycles. The van der Waals surface area contributed by atoms with E-state index in [1.165, 1.54) is 0 Å². The van der Waals surface area contributed by atoms with Gasteiger partial charge in [-0.1, -0.05) is 19.3 Å². The Balaban J connectivity index is 2.66. The summed E-state index contributed by atoms with van der Waals surface area (Å²) >= 11 is 0. The molecule has 0 spiro atoms. The summed E-state index contributed by atoms with van der Waals surface area (Å²) in [5.74, 6) is 0. The maximum Gasteiger partial charge on any atom is 0.407 e. The van der Waals surface area contributed by atoms with Crippen LogP contribution < -0.4 is 10.5 Å². The standard InChI is InChI=1S/C14H27BN2O4S/c1-13(2,3)21-12(18)17-14(15)9-5-4-7-11(8-6-10-14)22(16,19)20/h11H,4-10H2,1-3H3,(H,17,18)(H2,16,19,20). The molecule has 22 heavy (non-hydrogen) atoms. The highest BCUT2D eigenvalue weighted by Gasteiger charge is 2.30. The average Bonchev–Trinajstić information content (AvgIpc) is 2.36. The molecule has 2 atom stereocenters. The lowest BCUT2D eigenvalue weighted by molar-refractivity contribution is 0.0482. The maximum atomic E-state index is 11.9. The highest BCUT2D eigenvalue weighted by Crippen LogP contribution is 2.26. The van der Waals surface area contributed by atoms with E-state index in [1.807, 2.05) is 0 Å². The van der Waals surface area contributed by atoms with Crippen molar-refractivity contribution in [2.45, 2.75) is 82.0 Å². The normalized spacial score (nSPS) is 28.1. The molecule has 1 fully saturated rings. The minimum Gasteiger partial charge on any atom is -0.444 e. The number of nitrogens with two attached hydrogens (primary N) is 1. The van der Waals surface area contributed by atoms with Gasteiger partial charge in [0, 0.05) is 5.44 Å². The van der Waals surface area contributed by atoms with E-state index >= 15 is 0 Å². The largest absolute Gasteiger partial charge is 0.444 e. The summed E-state index contributed by atoms with van der Waals surface area (Å²) in [5.41, 5.74) is -1.45. The van der Waals surface area contributed by atoms with E-state index in [-0.39, 0.29) is 0 Å². The summed E-state index contributed by atoms with van der Waals surface area (Å²) in [6.07, 6.45) is 3.59. The Labute approximate surface area is 135 Å². The van der Waals surface area contributed by atoms with Crippen molar-refractivity contribution in [1.29, 1.82) is 0 Å². The molecule has 1 saturated carbocycles. The SMILES string of the molecule is [B]C1(NC(=O)OC(C)(C)C)CCCCC(S(N)(=O)=O)CCC1. The number of ether oxygens (including phenoxy) is 1. The van der Waals surface area contributed by atoms with Gasteiger partial charge in [-0.2, -0.15) is 0 Å². The first-order chi connectivity index (χ1) is 9.91. The summed E-state index contributed by atoms with van der Waals surface area (Å²) in [4.78, 5) is 11.9. The van der Waals surface area contributed by atoms with E-state index < -0.39 is 32.4 Å². The van der Waals surface area contributed by atoms with E-state index in [2.05, 4.69) is 5.32 Å². The fraction of sp³-hybridized carbons (Fsp3) is 0.929. The van der Waals surface area contributed by atoms with Crippen LogP contribution >= 0.6 is 0 Å².